The zero-order chi connectivity index (χ0) is 16.8. The lowest BCUT2D eigenvalue weighted by Gasteiger charge is -2.14. The molecule has 128 valence electrons. The first-order chi connectivity index (χ1) is 11.0. The van der Waals surface area contributed by atoms with Gasteiger partial charge in [-0.2, -0.15) is 0 Å². The van der Waals surface area contributed by atoms with Crippen LogP contribution in [0, 0.1) is 0 Å². The van der Waals surface area contributed by atoms with Crippen LogP contribution in [0.4, 0.5) is 0 Å². The maximum absolute atomic E-state index is 12.0. The number of aromatic hydroxyl groups is 1. The fraction of sp³-hybridized carbons (Fsp3) is 0.188. The first kappa shape index (κ1) is 19.2. The second-order valence-corrected chi connectivity index (χ2v) is 4.96. The summed E-state index contributed by atoms with van der Waals surface area (Å²) in [6, 6.07) is 9.62. The Bertz CT molecular complexity index is 761. The molecule has 2 rings (SSSR count). The predicted octanol–water partition coefficient (Wildman–Crippen LogP) is -2.48. The lowest BCUT2D eigenvalue weighted by molar-refractivity contribution is -0.122. The Hall–Kier alpha value is -2.80. The van der Waals surface area contributed by atoms with Gasteiger partial charge in [0.15, 0.2) is 11.4 Å². The van der Waals surface area contributed by atoms with Crippen molar-refractivity contribution in [1.82, 2.24) is 15.6 Å². The van der Waals surface area contributed by atoms with Crippen molar-refractivity contribution < 1.29 is 27.1 Å². The topological polar surface area (TPSA) is 111 Å². The number of H-pyrrole nitrogens is 1. The average molecular weight is 351 g/mol. The highest BCUT2D eigenvalue weighted by Crippen LogP contribution is 2.07. The second kappa shape index (κ2) is 8.73. The molecule has 2 aromatic rings. The molecule has 0 bridgehead atoms. The molecule has 4 N–H and O–H groups in total. The third kappa shape index (κ3) is 4.85. The molecule has 0 unspecified atom stereocenters. The minimum absolute atomic E-state index is 0. The van der Waals surface area contributed by atoms with E-state index in [2.05, 4.69) is 15.6 Å². The number of hydrogen-bond acceptors (Lipinski definition) is 4. The van der Waals surface area contributed by atoms with Crippen molar-refractivity contribution in [3.63, 3.8) is 0 Å². The molecule has 2 amide bonds. The summed E-state index contributed by atoms with van der Waals surface area (Å²) in [5.74, 6) is -1.79. The van der Waals surface area contributed by atoms with Gasteiger partial charge in [0.1, 0.15) is 6.04 Å². The number of benzene rings is 1. The number of nitrogens with one attached hydrogen (secondary N) is 3. The van der Waals surface area contributed by atoms with Crippen molar-refractivity contribution in [3.8, 4) is 5.75 Å². The van der Waals surface area contributed by atoms with Crippen LogP contribution in [0.2, 0.25) is 0 Å². The van der Waals surface area contributed by atoms with Crippen LogP contribution in [0.25, 0.3) is 0 Å². The van der Waals surface area contributed by atoms with Gasteiger partial charge in [-0.3, -0.25) is 14.4 Å². The minimum atomic E-state index is -0.825. The Balaban J connectivity index is 0.00000288. The first-order valence-corrected chi connectivity index (χ1v) is 7.02. The van der Waals surface area contributed by atoms with Gasteiger partial charge >= 0.3 is 0 Å². The molecule has 0 aliphatic rings. The third-order valence-electron chi connectivity index (χ3n) is 3.21. The molecule has 1 aromatic carbocycles. The first-order valence-electron chi connectivity index (χ1n) is 7.02. The van der Waals surface area contributed by atoms with E-state index in [1.807, 2.05) is 30.3 Å². The summed E-state index contributed by atoms with van der Waals surface area (Å²) in [4.78, 5) is 37.7. The normalized spacial score (nSPS) is 11.0. The van der Waals surface area contributed by atoms with E-state index in [0.29, 0.717) is 6.54 Å². The van der Waals surface area contributed by atoms with Crippen LogP contribution in [-0.4, -0.2) is 27.9 Å². The maximum atomic E-state index is 12.0. The van der Waals surface area contributed by atoms with Crippen LogP contribution >= 0.6 is 0 Å². The Labute approximate surface area is 144 Å². The Morgan fingerprint density at radius 3 is 2.54 bits per heavy atom. The molecule has 0 fully saturated rings. The molecule has 1 heterocycles. The zero-order valence-corrected chi connectivity index (χ0v) is 13.6. The number of amides is 2. The number of rotatable bonds is 5. The van der Waals surface area contributed by atoms with Crippen molar-refractivity contribution >= 4 is 11.8 Å². The van der Waals surface area contributed by atoms with E-state index in [9.17, 15) is 19.5 Å². The fourth-order valence-electron chi connectivity index (χ4n) is 1.92. The number of carbonyl (C=O) groups excluding carboxylic acids is 2. The van der Waals surface area contributed by atoms with E-state index >= 15 is 0 Å². The van der Waals surface area contributed by atoms with Crippen LogP contribution in [0.1, 0.15) is 23.0 Å². The van der Waals surface area contributed by atoms with Crippen LogP contribution in [0.5, 0.6) is 5.75 Å². The van der Waals surface area contributed by atoms with Crippen LogP contribution < -0.4 is 28.5 Å². The largest absolute Gasteiger partial charge is 1.00 e. The molecule has 0 aliphatic heterocycles. The molecule has 0 saturated heterocycles. The Kier molecular flexibility index (Phi) is 7.00. The lowest BCUT2D eigenvalue weighted by atomic mass is 10.2. The summed E-state index contributed by atoms with van der Waals surface area (Å²) in [7, 11) is 0. The smallest absolute Gasteiger partial charge is 0.272 e. The van der Waals surface area contributed by atoms with Crippen molar-refractivity contribution in [3.05, 3.63) is 64.1 Å². The third-order valence-corrected chi connectivity index (χ3v) is 3.21. The number of hydrogen-bond donors (Lipinski definition) is 4. The van der Waals surface area contributed by atoms with Gasteiger partial charge in [0, 0.05) is 18.8 Å². The number of carbonyl (C=O) groups is 2. The average Bonchev–Trinajstić information content (AvgIpc) is 2.55. The Morgan fingerprint density at radius 2 is 1.88 bits per heavy atom. The molecular weight excluding hydrogens is 334 g/mol. The highest BCUT2D eigenvalue weighted by Gasteiger charge is 2.19. The molecule has 7 nitrogen and oxygen atoms in total. The van der Waals surface area contributed by atoms with Gasteiger partial charge in [-0.05, 0) is 12.5 Å². The van der Waals surface area contributed by atoms with Crippen molar-refractivity contribution in [2.24, 2.45) is 0 Å². The van der Waals surface area contributed by atoms with Crippen molar-refractivity contribution in [2.45, 2.75) is 19.5 Å². The van der Waals surface area contributed by atoms with E-state index < -0.39 is 23.1 Å². The molecule has 0 aliphatic carbocycles. The highest BCUT2D eigenvalue weighted by molar-refractivity contribution is 5.97. The summed E-state index contributed by atoms with van der Waals surface area (Å²) in [5.41, 5.74) is -0.0142. The van der Waals surface area contributed by atoms with Gasteiger partial charge in [-0.25, -0.2) is 0 Å². The van der Waals surface area contributed by atoms with Crippen LogP contribution in [-0.2, 0) is 11.3 Å². The summed E-state index contributed by atoms with van der Waals surface area (Å²) in [6.45, 7) is 1.85. The molecule has 0 spiro atoms. The number of aromatic nitrogens is 1. The fourth-order valence-corrected chi connectivity index (χ4v) is 1.92. The molecule has 8 heteroatoms. The summed E-state index contributed by atoms with van der Waals surface area (Å²) < 4.78 is 0. The standard InChI is InChI=1S/C16H17N3O4.ClH/c1-10(15(22)18-9-11-5-3-2-4-6-11)19-16(23)13-14(21)12(20)7-8-17-13;/h2-8,10,21H,9H2,1H3,(H,17,20)(H,18,22)(H,19,23);1H/p-1/t10-;/m0./s1. The molecule has 1 aromatic heterocycles. The molecule has 1 atom stereocenters. The quantitative estimate of drug-likeness (QED) is 0.478. The van der Waals surface area contributed by atoms with Crippen LogP contribution in [0.3, 0.4) is 0 Å². The van der Waals surface area contributed by atoms with Crippen molar-refractivity contribution in [1.29, 1.82) is 0 Å². The van der Waals surface area contributed by atoms with E-state index in [1.165, 1.54) is 13.1 Å². The van der Waals surface area contributed by atoms with E-state index in [4.69, 9.17) is 0 Å². The molecule has 0 saturated carbocycles. The number of pyridine rings is 1. The molecule has 0 radical (unpaired) electrons. The summed E-state index contributed by atoms with van der Waals surface area (Å²) in [6.07, 6.45) is 1.25. The second-order valence-electron chi connectivity index (χ2n) is 4.96. The van der Waals surface area contributed by atoms with Crippen LogP contribution in [0.15, 0.2) is 47.4 Å². The van der Waals surface area contributed by atoms with Gasteiger partial charge in [0.2, 0.25) is 11.3 Å². The van der Waals surface area contributed by atoms with Gasteiger partial charge in [0.05, 0.1) is 0 Å². The predicted molar refractivity (Wildman–Crippen MR) is 83.9 cm³/mol. The van der Waals surface area contributed by atoms with Crippen molar-refractivity contribution in [2.75, 3.05) is 0 Å². The molecular formula is C16H17ClN3O4-. The monoisotopic (exact) mass is 350 g/mol. The number of aromatic amines is 1. The lowest BCUT2D eigenvalue weighted by Crippen LogP contribution is -3.00. The summed E-state index contributed by atoms with van der Waals surface area (Å²) >= 11 is 0. The van der Waals surface area contributed by atoms with E-state index in [-0.39, 0.29) is 24.0 Å². The van der Waals surface area contributed by atoms with E-state index in [1.54, 1.807) is 0 Å². The SMILES string of the molecule is C[C@H](NC(=O)c1[nH]ccc(=O)c1O)C(=O)NCc1ccccc1.[Cl-]. The van der Waals surface area contributed by atoms with Gasteiger partial charge in [-0.1, -0.05) is 30.3 Å². The summed E-state index contributed by atoms with van der Waals surface area (Å²) in [5, 5.41) is 14.7. The maximum Gasteiger partial charge on any atom is 0.272 e. The molecule has 24 heavy (non-hydrogen) atoms. The zero-order valence-electron chi connectivity index (χ0n) is 12.9. The Morgan fingerprint density at radius 1 is 1.21 bits per heavy atom. The van der Waals surface area contributed by atoms with Gasteiger partial charge in [0.25, 0.3) is 5.91 Å². The van der Waals surface area contributed by atoms with Gasteiger partial charge < -0.3 is 33.1 Å². The number of halogens is 1. The highest BCUT2D eigenvalue weighted by atomic mass is 35.5. The minimum Gasteiger partial charge on any atom is -1.00 e. The van der Waals surface area contributed by atoms with Gasteiger partial charge in [-0.15, -0.1) is 0 Å². The van der Waals surface area contributed by atoms with E-state index in [0.717, 1.165) is 11.6 Å².